The summed E-state index contributed by atoms with van der Waals surface area (Å²) in [5, 5.41) is 12.6. The summed E-state index contributed by atoms with van der Waals surface area (Å²) in [6.07, 6.45) is 2.49. The third-order valence-corrected chi connectivity index (χ3v) is 4.43. The maximum Gasteiger partial charge on any atom is 0.306 e. The lowest BCUT2D eigenvalue weighted by molar-refractivity contribution is -0.141. The maximum absolute atomic E-state index is 12.2. The molecule has 1 aromatic rings. The van der Waals surface area contributed by atoms with Gasteiger partial charge < -0.3 is 10.4 Å². The van der Waals surface area contributed by atoms with Crippen molar-refractivity contribution in [3.63, 3.8) is 0 Å². The number of nitrogens with one attached hydrogen (secondary N) is 1. The van der Waals surface area contributed by atoms with E-state index in [0.29, 0.717) is 24.3 Å². The van der Waals surface area contributed by atoms with Gasteiger partial charge >= 0.3 is 5.97 Å². The predicted octanol–water partition coefficient (Wildman–Crippen LogP) is 2.89. The molecule has 3 atom stereocenters. The first kappa shape index (κ1) is 15.8. The van der Waals surface area contributed by atoms with Crippen molar-refractivity contribution in [1.29, 1.82) is 0 Å². The second-order valence-corrected chi connectivity index (χ2v) is 6.16. The van der Waals surface area contributed by atoms with Crippen LogP contribution in [0.25, 0.3) is 0 Å². The van der Waals surface area contributed by atoms with Gasteiger partial charge in [0.2, 0.25) is 5.91 Å². The van der Waals surface area contributed by atoms with Gasteiger partial charge in [0.25, 0.3) is 0 Å². The summed E-state index contributed by atoms with van der Waals surface area (Å²) >= 11 is 6.10. The molecule has 0 aliphatic heterocycles. The van der Waals surface area contributed by atoms with Gasteiger partial charge in [-0.15, -0.1) is 0 Å². The normalized spacial score (nSPS) is 22.8. The molecule has 1 unspecified atom stereocenters. The summed E-state index contributed by atoms with van der Waals surface area (Å²) in [6.45, 7) is 1.86. The van der Waals surface area contributed by atoms with Crippen molar-refractivity contribution in [2.75, 3.05) is 0 Å². The number of carbonyl (C=O) groups is 2. The predicted molar refractivity (Wildman–Crippen MR) is 81.2 cm³/mol. The van der Waals surface area contributed by atoms with E-state index in [1.165, 1.54) is 0 Å². The zero-order valence-electron chi connectivity index (χ0n) is 12.0. The lowest BCUT2D eigenvalue weighted by Crippen LogP contribution is -2.37. The van der Waals surface area contributed by atoms with Gasteiger partial charge in [-0.1, -0.05) is 36.7 Å². The molecule has 1 saturated carbocycles. The summed E-state index contributed by atoms with van der Waals surface area (Å²) in [4.78, 5) is 23.1. The smallest absolute Gasteiger partial charge is 0.306 e. The lowest BCUT2D eigenvalue weighted by Gasteiger charge is -2.17. The highest BCUT2D eigenvalue weighted by atomic mass is 35.5. The molecule has 21 heavy (non-hydrogen) atoms. The fourth-order valence-electron chi connectivity index (χ4n) is 2.77. The second kappa shape index (κ2) is 6.94. The fraction of sp³-hybridized carbons (Fsp3) is 0.500. The van der Waals surface area contributed by atoms with E-state index in [9.17, 15) is 9.59 Å². The van der Waals surface area contributed by atoms with Crippen molar-refractivity contribution in [3.8, 4) is 0 Å². The molecule has 1 aromatic carbocycles. The van der Waals surface area contributed by atoms with Crippen LogP contribution in [0.1, 0.15) is 31.7 Å². The van der Waals surface area contributed by atoms with Crippen molar-refractivity contribution in [2.24, 2.45) is 11.8 Å². The molecule has 0 saturated heterocycles. The van der Waals surface area contributed by atoms with Gasteiger partial charge in [-0.2, -0.15) is 0 Å². The lowest BCUT2D eigenvalue weighted by atomic mass is 10.00. The third-order valence-electron chi connectivity index (χ3n) is 4.06. The van der Waals surface area contributed by atoms with E-state index in [0.717, 1.165) is 12.0 Å². The van der Waals surface area contributed by atoms with E-state index < -0.39 is 5.97 Å². The van der Waals surface area contributed by atoms with Gasteiger partial charge in [0, 0.05) is 17.0 Å². The van der Waals surface area contributed by atoms with Crippen molar-refractivity contribution in [2.45, 2.75) is 38.6 Å². The summed E-state index contributed by atoms with van der Waals surface area (Å²) in [5.41, 5.74) is 0.955. The molecule has 0 radical (unpaired) electrons. The van der Waals surface area contributed by atoms with E-state index in [4.69, 9.17) is 16.7 Å². The highest BCUT2D eigenvalue weighted by molar-refractivity contribution is 6.31. The topological polar surface area (TPSA) is 66.4 Å². The standard InChI is InChI=1S/C16H20ClNO3/c1-10(8-11-4-2-3-5-14(11)17)15(19)18-13-7-6-12(9-13)16(20)21/h2-5,10,12-13H,6-9H2,1H3,(H,18,19)(H,20,21)/t10?,12-,13+/m0/s1. The quantitative estimate of drug-likeness (QED) is 0.879. The van der Waals surface area contributed by atoms with Crippen LogP contribution < -0.4 is 5.32 Å². The molecule has 2 N–H and O–H groups in total. The summed E-state index contributed by atoms with van der Waals surface area (Å²) in [5.74, 6) is -1.32. The Hall–Kier alpha value is -1.55. The first-order chi connectivity index (χ1) is 9.97. The van der Waals surface area contributed by atoms with Crippen LogP contribution in [0.15, 0.2) is 24.3 Å². The maximum atomic E-state index is 12.2. The first-order valence-electron chi connectivity index (χ1n) is 7.24. The van der Waals surface area contributed by atoms with Crippen LogP contribution in [0.5, 0.6) is 0 Å². The minimum absolute atomic E-state index is 0.0210. The van der Waals surface area contributed by atoms with Gasteiger partial charge in [-0.3, -0.25) is 9.59 Å². The number of benzene rings is 1. The Balaban J connectivity index is 1.86. The SMILES string of the molecule is CC(Cc1ccccc1Cl)C(=O)N[C@@H]1CC[C@H](C(=O)O)C1. The van der Waals surface area contributed by atoms with E-state index in [2.05, 4.69) is 5.32 Å². The fourth-order valence-corrected chi connectivity index (χ4v) is 2.98. The molecule has 1 fully saturated rings. The first-order valence-corrected chi connectivity index (χ1v) is 7.61. The Bertz CT molecular complexity index is 532. The number of hydrogen-bond donors (Lipinski definition) is 2. The molecular formula is C16H20ClNO3. The molecule has 0 heterocycles. The number of carboxylic acids is 1. The van der Waals surface area contributed by atoms with E-state index in [1.807, 2.05) is 31.2 Å². The molecule has 2 rings (SSSR count). The molecule has 1 amide bonds. The van der Waals surface area contributed by atoms with Crippen molar-refractivity contribution < 1.29 is 14.7 Å². The number of amides is 1. The zero-order chi connectivity index (χ0) is 15.4. The largest absolute Gasteiger partial charge is 0.481 e. The van der Waals surface area contributed by atoms with Crippen molar-refractivity contribution in [3.05, 3.63) is 34.9 Å². The van der Waals surface area contributed by atoms with Crippen molar-refractivity contribution >= 4 is 23.5 Å². The molecule has 0 spiro atoms. The number of carboxylic acid groups (broad SMARTS) is 1. The molecule has 1 aliphatic carbocycles. The summed E-state index contributed by atoms with van der Waals surface area (Å²) in [7, 11) is 0. The Kier molecular flexibility index (Phi) is 5.23. The van der Waals surface area contributed by atoms with Gasteiger partial charge in [-0.05, 0) is 37.3 Å². The average molecular weight is 310 g/mol. The van der Waals surface area contributed by atoms with Crippen molar-refractivity contribution in [1.82, 2.24) is 5.32 Å². The molecular weight excluding hydrogens is 290 g/mol. The Labute approximate surface area is 129 Å². The minimum Gasteiger partial charge on any atom is -0.481 e. The summed E-state index contributed by atoms with van der Waals surface area (Å²) < 4.78 is 0. The van der Waals surface area contributed by atoms with Crippen LogP contribution in [0.4, 0.5) is 0 Å². The highest BCUT2D eigenvalue weighted by Gasteiger charge is 2.31. The van der Waals surface area contributed by atoms with Crippen LogP contribution >= 0.6 is 11.6 Å². The Morgan fingerprint density at radius 3 is 2.71 bits per heavy atom. The number of carbonyl (C=O) groups excluding carboxylic acids is 1. The Morgan fingerprint density at radius 2 is 2.10 bits per heavy atom. The van der Waals surface area contributed by atoms with Crippen LogP contribution in [-0.2, 0) is 16.0 Å². The number of hydrogen-bond acceptors (Lipinski definition) is 2. The van der Waals surface area contributed by atoms with Gasteiger partial charge in [0.15, 0.2) is 0 Å². The Morgan fingerprint density at radius 1 is 1.38 bits per heavy atom. The number of halogens is 1. The van der Waals surface area contributed by atoms with E-state index in [1.54, 1.807) is 0 Å². The van der Waals surface area contributed by atoms with Gasteiger partial charge in [0.1, 0.15) is 0 Å². The van der Waals surface area contributed by atoms with Gasteiger partial charge in [-0.25, -0.2) is 0 Å². The van der Waals surface area contributed by atoms with Crippen LogP contribution in [0.2, 0.25) is 5.02 Å². The minimum atomic E-state index is -0.768. The monoisotopic (exact) mass is 309 g/mol. The van der Waals surface area contributed by atoms with Crippen LogP contribution in [-0.4, -0.2) is 23.0 Å². The van der Waals surface area contributed by atoms with Gasteiger partial charge in [0.05, 0.1) is 5.92 Å². The summed E-state index contributed by atoms with van der Waals surface area (Å²) in [6, 6.07) is 7.48. The second-order valence-electron chi connectivity index (χ2n) is 5.75. The molecule has 0 aromatic heterocycles. The van der Waals surface area contributed by atoms with Crippen LogP contribution in [0.3, 0.4) is 0 Å². The van der Waals surface area contributed by atoms with E-state index >= 15 is 0 Å². The third kappa shape index (κ3) is 4.21. The molecule has 5 heteroatoms. The highest BCUT2D eigenvalue weighted by Crippen LogP contribution is 2.26. The molecule has 4 nitrogen and oxygen atoms in total. The molecule has 0 bridgehead atoms. The number of rotatable bonds is 5. The molecule has 1 aliphatic rings. The van der Waals surface area contributed by atoms with E-state index in [-0.39, 0.29) is 23.8 Å². The number of aliphatic carboxylic acids is 1. The average Bonchev–Trinajstić information content (AvgIpc) is 2.90. The zero-order valence-corrected chi connectivity index (χ0v) is 12.8. The molecule has 114 valence electrons. The van der Waals surface area contributed by atoms with Crippen LogP contribution in [0, 0.1) is 11.8 Å².